The van der Waals surface area contributed by atoms with E-state index in [1.807, 2.05) is 30.3 Å². The molecule has 2 atom stereocenters. The summed E-state index contributed by atoms with van der Waals surface area (Å²) < 4.78 is 5.57. The lowest BCUT2D eigenvalue weighted by atomic mass is 9.51. The summed E-state index contributed by atoms with van der Waals surface area (Å²) in [5.41, 5.74) is -1.49. The van der Waals surface area contributed by atoms with Crippen LogP contribution in [0.3, 0.4) is 0 Å². The quantitative estimate of drug-likeness (QED) is 0.693. The van der Waals surface area contributed by atoms with Gasteiger partial charge in [0.1, 0.15) is 5.58 Å². The number of benzene rings is 1. The van der Waals surface area contributed by atoms with Crippen molar-refractivity contribution in [1.29, 1.82) is 21.0 Å². The molecule has 5 rings (SSSR count). The number of nitriles is 4. The second-order valence-corrected chi connectivity index (χ2v) is 5.81. The molecule has 0 radical (unpaired) electrons. The van der Waals surface area contributed by atoms with Crippen LogP contribution >= 0.6 is 0 Å². The van der Waals surface area contributed by atoms with Crippen LogP contribution in [-0.4, -0.2) is 0 Å². The zero-order valence-electron chi connectivity index (χ0n) is 11.8. The van der Waals surface area contributed by atoms with E-state index in [0.29, 0.717) is 11.1 Å². The van der Waals surface area contributed by atoms with E-state index >= 15 is 0 Å². The van der Waals surface area contributed by atoms with Crippen LogP contribution in [0.1, 0.15) is 23.0 Å². The Kier molecular flexibility index (Phi) is 2.29. The van der Waals surface area contributed by atoms with Crippen LogP contribution in [0.15, 0.2) is 41.0 Å². The third-order valence-corrected chi connectivity index (χ3v) is 5.09. The predicted octanol–water partition coefficient (Wildman–Crippen LogP) is 3.25. The smallest absolute Gasteiger partial charge is 0.186 e. The standard InChI is InChI=1S/C18H8N4O/c19-7-17(8-20)13-4-5-14(18(17,9-21)10-22)12-6-23-15-3-1-2-11(13)16(12)15/h1-6,13-14H/t13?,14-/m1/s1. The Bertz CT molecular complexity index is 1020. The summed E-state index contributed by atoms with van der Waals surface area (Å²) in [6.07, 6.45) is 5.06. The number of rotatable bonds is 0. The Morgan fingerprint density at radius 2 is 1.39 bits per heavy atom. The van der Waals surface area contributed by atoms with E-state index in [1.54, 1.807) is 24.3 Å². The first kappa shape index (κ1) is 13.1. The predicted molar refractivity (Wildman–Crippen MR) is 78.2 cm³/mol. The number of furan rings is 1. The summed E-state index contributed by atoms with van der Waals surface area (Å²) in [5, 5.41) is 40.1. The van der Waals surface area contributed by atoms with E-state index in [-0.39, 0.29) is 0 Å². The molecule has 2 bridgehead atoms. The molecule has 0 N–H and O–H groups in total. The van der Waals surface area contributed by atoms with Gasteiger partial charge in [-0.3, -0.25) is 0 Å². The highest BCUT2D eigenvalue weighted by molar-refractivity contribution is 5.88. The minimum absolute atomic E-state index is 0.632. The molecule has 1 aromatic carbocycles. The highest BCUT2D eigenvalue weighted by atomic mass is 16.3. The minimum atomic E-state index is -1.79. The van der Waals surface area contributed by atoms with Gasteiger partial charge in [-0.1, -0.05) is 24.3 Å². The Hall–Kier alpha value is -3.54. The van der Waals surface area contributed by atoms with Gasteiger partial charge in [0.15, 0.2) is 10.8 Å². The van der Waals surface area contributed by atoms with Gasteiger partial charge in [-0.25, -0.2) is 0 Å². The van der Waals surface area contributed by atoms with Crippen LogP contribution < -0.4 is 0 Å². The van der Waals surface area contributed by atoms with Gasteiger partial charge in [-0.05, 0) is 11.6 Å². The summed E-state index contributed by atoms with van der Waals surface area (Å²) in [7, 11) is 0. The van der Waals surface area contributed by atoms with Crippen LogP contribution in [0.5, 0.6) is 0 Å². The maximum Gasteiger partial charge on any atom is 0.186 e. The molecule has 5 heteroatoms. The monoisotopic (exact) mass is 296 g/mol. The molecule has 2 aromatic rings. The molecule has 5 nitrogen and oxygen atoms in total. The van der Waals surface area contributed by atoms with Gasteiger partial charge in [0.05, 0.1) is 30.5 Å². The van der Waals surface area contributed by atoms with Gasteiger partial charge < -0.3 is 4.42 Å². The third-order valence-electron chi connectivity index (χ3n) is 5.09. The number of hydrogen-bond donors (Lipinski definition) is 0. The zero-order chi connectivity index (χ0) is 16.2. The molecule has 0 saturated carbocycles. The van der Waals surface area contributed by atoms with E-state index in [2.05, 4.69) is 0 Å². The molecule has 3 aliphatic rings. The van der Waals surface area contributed by atoms with Crippen LogP contribution in [0.4, 0.5) is 0 Å². The number of fused-ring (bicyclic) bond motifs is 1. The van der Waals surface area contributed by atoms with E-state index in [1.165, 1.54) is 6.26 Å². The Labute approximate surface area is 131 Å². The molecular weight excluding hydrogens is 288 g/mol. The second kappa shape index (κ2) is 4.01. The van der Waals surface area contributed by atoms with Crippen molar-refractivity contribution in [1.82, 2.24) is 0 Å². The third kappa shape index (κ3) is 1.17. The van der Waals surface area contributed by atoms with Crippen molar-refractivity contribution in [2.45, 2.75) is 11.8 Å². The van der Waals surface area contributed by atoms with Crippen molar-refractivity contribution < 1.29 is 4.42 Å². The van der Waals surface area contributed by atoms with E-state index in [9.17, 15) is 21.0 Å². The highest BCUT2D eigenvalue weighted by Gasteiger charge is 2.66. The molecule has 0 fully saturated rings. The Morgan fingerprint density at radius 1 is 0.826 bits per heavy atom. The molecule has 0 saturated heterocycles. The van der Waals surface area contributed by atoms with Crippen molar-refractivity contribution >= 4 is 11.0 Å². The average Bonchev–Trinajstić information content (AvgIpc) is 2.93. The van der Waals surface area contributed by atoms with Gasteiger partial charge >= 0.3 is 0 Å². The van der Waals surface area contributed by atoms with Crippen molar-refractivity contribution in [3.63, 3.8) is 0 Å². The van der Waals surface area contributed by atoms with Gasteiger partial charge in [0, 0.05) is 22.8 Å². The summed E-state index contributed by atoms with van der Waals surface area (Å²) in [5.74, 6) is -1.34. The van der Waals surface area contributed by atoms with Gasteiger partial charge in [-0.15, -0.1) is 0 Å². The summed E-state index contributed by atoms with van der Waals surface area (Å²) in [6.45, 7) is 0. The Balaban J connectivity index is 2.25. The molecule has 1 aromatic heterocycles. The fourth-order valence-electron chi connectivity index (χ4n) is 3.99. The van der Waals surface area contributed by atoms with Crippen LogP contribution in [0, 0.1) is 56.2 Å². The van der Waals surface area contributed by atoms with E-state index in [0.717, 1.165) is 10.9 Å². The lowest BCUT2D eigenvalue weighted by Crippen LogP contribution is -2.47. The number of hydrogen-bond acceptors (Lipinski definition) is 5. The van der Waals surface area contributed by atoms with Gasteiger partial charge in [0.25, 0.3) is 0 Å². The van der Waals surface area contributed by atoms with Gasteiger partial charge in [-0.2, -0.15) is 21.0 Å². The molecule has 0 aliphatic heterocycles. The van der Waals surface area contributed by atoms with Crippen LogP contribution in [0.25, 0.3) is 11.0 Å². The first-order valence-electron chi connectivity index (χ1n) is 7.02. The molecular formula is C18H8N4O. The maximum atomic E-state index is 9.83. The average molecular weight is 296 g/mol. The van der Waals surface area contributed by atoms with Gasteiger partial charge in [0.2, 0.25) is 0 Å². The topological polar surface area (TPSA) is 108 Å². The SMILES string of the molecule is N#CC1(C#N)C2C=C[C@H](c3coc4cccc2c34)C1(C#N)C#N. The van der Waals surface area contributed by atoms with Crippen molar-refractivity contribution in [3.8, 4) is 24.3 Å². The fourth-order valence-corrected chi connectivity index (χ4v) is 3.99. The first-order chi connectivity index (χ1) is 11.2. The fraction of sp³-hybridized carbons (Fsp3) is 0.222. The second-order valence-electron chi connectivity index (χ2n) is 5.81. The largest absolute Gasteiger partial charge is 0.464 e. The van der Waals surface area contributed by atoms with Crippen LogP contribution in [-0.2, 0) is 0 Å². The minimum Gasteiger partial charge on any atom is -0.464 e. The zero-order valence-corrected chi connectivity index (χ0v) is 11.8. The number of allylic oxidation sites excluding steroid dienone is 2. The molecule has 106 valence electrons. The van der Waals surface area contributed by atoms with Crippen molar-refractivity contribution in [2.75, 3.05) is 0 Å². The molecule has 1 unspecified atom stereocenters. The van der Waals surface area contributed by atoms with E-state index < -0.39 is 22.7 Å². The summed E-state index contributed by atoms with van der Waals surface area (Å²) in [4.78, 5) is 0. The lowest BCUT2D eigenvalue weighted by Gasteiger charge is -2.41. The maximum absolute atomic E-state index is 9.83. The summed E-state index contributed by atoms with van der Waals surface area (Å²) >= 11 is 0. The molecule has 1 heterocycles. The normalized spacial score (nSPS) is 24.9. The van der Waals surface area contributed by atoms with Crippen LogP contribution in [0.2, 0.25) is 0 Å². The molecule has 23 heavy (non-hydrogen) atoms. The Morgan fingerprint density at radius 3 is 1.96 bits per heavy atom. The summed E-state index contributed by atoms with van der Waals surface area (Å²) in [6, 6.07) is 13.4. The lowest BCUT2D eigenvalue weighted by molar-refractivity contribution is 0.236. The van der Waals surface area contributed by atoms with Crippen molar-refractivity contribution in [2.24, 2.45) is 10.8 Å². The first-order valence-corrected chi connectivity index (χ1v) is 7.02. The number of nitrogens with zero attached hydrogens (tertiary/aromatic N) is 4. The molecule has 0 amide bonds. The van der Waals surface area contributed by atoms with Crippen molar-refractivity contribution in [3.05, 3.63) is 47.7 Å². The molecule has 0 spiro atoms. The highest BCUT2D eigenvalue weighted by Crippen LogP contribution is 2.63. The van der Waals surface area contributed by atoms with E-state index in [4.69, 9.17) is 4.42 Å². The molecule has 3 aliphatic carbocycles.